The van der Waals surface area contributed by atoms with Crippen LogP contribution in [-0.2, 0) is 94.2 Å². The van der Waals surface area contributed by atoms with Crippen molar-refractivity contribution < 1.29 is 137 Å². The first-order valence-electron chi connectivity index (χ1n) is 31.3. The highest BCUT2D eigenvalue weighted by Gasteiger charge is 2.29. The number of methoxy groups -OCH3 is 6. The molecule has 3 aliphatic heterocycles. The summed E-state index contributed by atoms with van der Waals surface area (Å²) < 4.78 is 171. The molecule has 644 valence electrons. The monoisotopic (exact) mass is 1860 g/mol. The molecule has 8 aromatic carbocycles. The van der Waals surface area contributed by atoms with Crippen molar-refractivity contribution in [3.63, 3.8) is 0 Å². The Balaban J connectivity index is 0.000000291. The normalized spacial score (nSPS) is 12.7. The molecular weight excluding hydrogens is 1800 g/mol. The number of aliphatic hydroxyl groups excluding tert-OH is 1. The van der Waals surface area contributed by atoms with Gasteiger partial charge in [-0.25, -0.2) is 64.3 Å². The Bertz CT molecular complexity index is 6100. The number of hydrogen-bond acceptors (Lipinski definition) is 39. The van der Waals surface area contributed by atoms with Crippen molar-refractivity contribution in [3.05, 3.63) is 236 Å². The summed E-state index contributed by atoms with van der Waals surface area (Å²) in [5.41, 5.74) is 5.92. The van der Waals surface area contributed by atoms with Crippen molar-refractivity contribution in [2.75, 3.05) is 64.3 Å². The van der Waals surface area contributed by atoms with Crippen molar-refractivity contribution in [1.82, 2.24) is 0 Å². The highest BCUT2D eigenvalue weighted by molar-refractivity contribution is 8.13. The summed E-state index contributed by atoms with van der Waals surface area (Å²) in [6.07, 6.45) is 3.93. The van der Waals surface area contributed by atoms with E-state index in [1.807, 2.05) is 0 Å². The SMILES string of the molecule is COC(=O)c1ccc(Cl)c([N+](=O)[O-])c1.COC(=O)c1ccc(S(=O)(=O)Cl)c([N+](=O)[O-])c1.COC(=O)c1ccc(S(N)(=O)=O)c(N)c1.COC(=O)c1ccc(S(N)(=O)=O)c([N+](=O)[O-])c1.COC(=O)c1ccc(S)c([N+](=O)[O-])c1.COC(=O)c1ccc2c(c1)NC=NS2(=O)=O.O=Cc1ccc2c(c1)NC=NS2(=O)=O.O=S1(=O)N=CNc2cc(CO)ccc21. The molecule has 0 spiro atoms. The van der Waals surface area contributed by atoms with E-state index in [0.29, 0.717) is 34.5 Å². The molecule has 0 fully saturated rings. The molecular formula is C65H59Cl2N13O34S7. The van der Waals surface area contributed by atoms with E-state index in [2.05, 4.69) is 70.2 Å². The van der Waals surface area contributed by atoms with Gasteiger partial charge >= 0.3 is 35.8 Å². The van der Waals surface area contributed by atoms with Crippen LogP contribution in [0.15, 0.2) is 193 Å². The maximum atomic E-state index is 11.5. The Labute approximate surface area is 697 Å². The van der Waals surface area contributed by atoms with Gasteiger partial charge in [0.2, 0.25) is 20.0 Å². The molecule has 56 heteroatoms. The van der Waals surface area contributed by atoms with Crippen LogP contribution in [0.25, 0.3) is 0 Å². The zero-order valence-electron chi connectivity index (χ0n) is 61.8. The van der Waals surface area contributed by atoms with E-state index in [1.165, 1.54) is 107 Å². The summed E-state index contributed by atoms with van der Waals surface area (Å²) >= 11 is 9.43. The predicted molar refractivity (Wildman–Crippen MR) is 428 cm³/mol. The topological polar surface area (TPSA) is 724 Å². The number of fused-ring (bicyclic) bond motifs is 3. The number of anilines is 4. The number of esters is 6. The van der Waals surface area contributed by atoms with Gasteiger partial charge in [0, 0.05) is 40.5 Å². The van der Waals surface area contributed by atoms with E-state index < -0.39 is 136 Å². The fourth-order valence-corrected chi connectivity index (χ4v) is 14.4. The Morgan fingerprint density at radius 3 is 1.12 bits per heavy atom. The van der Waals surface area contributed by atoms with Gasteiger partial charge in [0.1, 0.15) is 49.9 Å². The highest BCUT2D eigenvalue weighted by atomic mass is 35.7. The van der Waals surface area contributed by atoms with Gasteiger partial charge in [-0.3, -0.25) is 45.3 Å². The third-order valence-corrected chi connectivity index (χ3v) is 22.3. The van der Waals surface area contributed by atoms with Gasteiger partial charge < -0.3 is 55.2 Å². The second-order valence-corrected chi connectivity index (χ2v) is 33.4. The molecule has 0 unspecified atom stereocenters. The van der Waals surface area contributed by atoms with Crippen LogP contribution in [-0.4, -0.2) is 179 Å². The number of nitrogens with zero attached hydrogens (tertiary/aromatic N) is 7. The molecule has 0 saturated carbocycles. The van der Waals surface area contributed by atoms with Crippen LogP contribution < -0.4 is 32.0 Å². The molecule has 121 heavy (non-hydrogen) atoms. The number of hydrogen-bond donors (Lipinski definition) is 8. The van der Waals surface area contributed by atoms with Crippen LogP contribution in [0.1, 0.15) is 78.1 Å². The molecule has 0 bridgehead atoms. The number of aliphatic hydroxyl groups is 1. The smallest absolute Gasteiger partial charge is 0.338 e. The van der Waals surface area contributed by atoms with E-state index >= 15 is 0 Å². The predicted octanol–water partition coefficient (Wildman–Crippen LogP) is 6.32. The summed E-state index contributed by atoms with van der Waals surface area (Å²) in [6, 6.07) is 29.8. The minimum atomic E-state index is -4.25. The van der Waals surface area contributed by atoms with Crippen LogP contribution >= 0.6 is 34.9 Å². The molecule has 0 aliphatic carbocycles. The van der Waals surface area contributed by atoms with E-state index in [4.69, 9.17) is 43.4 Å². The van der Waals surface area contributed by atoms with Gasteiger partial charge in [0.05, 0.1) is 130 Å². The Hall–Kier alpha value is -13.4. The summed E-state index contributed by atoms with van der Waals surface area (Å²) in [6.45, 7) is -0.119. The molecule has 10 N–H and O–H groups in total. The lowest BCUT2D eigenvalue weighted by Crippen LogP contribution is -2.15. The molecule has 47 nitrogen and oxygen atoms in total. The van der Waals surface area contributed by atoms with Gasteiger partial charge in [-0.2, -0.15) is 25.3 Å². The first kappa shape index (κ1) is 99.9. The number of aldehydes is 1. The zero-order chi connectivity index (χ0) is 91.6. The molecule has 0 amide bonds. The average Bonchev–Trinajstić information content (AvgIpc) is 0.798. The van der Waals surface area contributed by atoms with E-state index in [1.54, 1.807) is 12.1 Å². The van der Waals surface area contributed by atoms with Crippen molar-refractivity contribution in [1.29, 1.82) is 0 Å². The summed E-state index contributed by atoms with van der Waals surface area (Å²) in [4.78, 5) is 115. The van der Waals surface area contributed by atoms with Gasteiger partial charge in [0.15, 0.2) is 9.79 Å². The molecule has 8 aromatic rings. The fraction of sp³-hybridized carbons (Fsp3) is 0.108. The average molecular weight is 1860 g/mol. The van der Waals surface area contributed by atoms with Gasteiger partial charge in [-0.15, -0.1) is 25.8 Å². The van der Waals surface area contributed by atoms with Crippen LogP contribution in [0, 0.1) is 40.5 Å². The minimum absolute atomic E-state index is 0.0114. The number of sulfonamides is 5. The molecule has 0 aromatic heterocycles. The third kappa shape index (κ3) is 28.1. The number of ether oxygens (including phenoxy) is 6. The number of nitro benzene ring substituents is 4. The number of nitro groups is 4. The molecule has 11 rings (SSSR count). The molecule has 3 aliphatic rings. The van der Waals surface area contributed by atoms with Crippen LogP contribution in [0.2, 0.25) is 5.02 Å². The van der Waals surface area contributed by atoms with E-state index in [-0.39, 0.29) is 86.5 Å². The quantitative estimate of drug-likeness (QED) is 0.00812. The van der Waals surface area contributed by atoms with E-state index in [0.717, 1.165) is 87.8 Å². The Kier molecular flexibility index (Phi) is 35.8. The van der Waals surface area contributed by atoms with Gasteiger partial charge in [0.25, 0.3) is 61.9 Å². The second kappa shape index (κ2) is 43.3. The van der Waals surface area contributed by atoms with Crippen molar-refractivity contribution in [3.8, 4) is 0 Å². The largest absolute Gasteiger partial charge is 0.465 e. The van der Waals surface area contributed by atoms with Gasteiger partial charge in [-0.05, 0) is 115 Å². The second-order valence-electron chi connectivity index (χ2n) is 22.1. The summed E-state index contributed by atoms with van der Waals surface area (Å²) in [5.74, 6) is -3.99. The lowest BCUT2D eigenvalue weighted by molar-refractivity contribution is -0.388. The first-order chi connectivity index (χ1) is 56.3. The number of halogens is 2. The number of nitrogens with one attached hydrogen (secondary N) is 3. The molecule has 0 radical (unpaired) electrons. The number of nitrogen functional groups attached to an aromatic ring is 1. The van der Waals surface area contributed by atoms with Gasteiger partial charge in [-0.1, -0.05) is 23.7 Å². The highest BCUT2D eigenvalue weighted by Crippen LogP contribution is 2.33. The Morgan fingerprint density at radius 2 is 0.752 bits per heavy atom. The number of carbonyl (C=O) groups is 7. The van der Waals surface area contributed by atoms with Crippen molar-refractivity contribution in [2.45, 2.75) is 40.9 Å². The van der Waals surface area contributed by atoms with Crippen LogP contribution in [0.3, 0.4) is 0 Å². The van der Waals surface area contributed by atoms with Crippen molar-refractivity contribution in [2.24, 2.45) is 23.5 Å². The summed E-state index contributed by atoms with van der Waals surface area (Å²) in [5, 5.41) is 68.8. The van der Waals surface area contributed by atoms with Crippen LogP contribution in [0.4, 0.5) is 45.5 Å². The van der Waals surface area contributed by atoms with E-state index in [9.17, 15) is 125 Å². The maximum absolute atomic E-state index is 11.5. The first-order valence-corrected chi connectivity index (χ1v) is 41.9. The number of thiol groups is 1. The minimum Gasteiger partial charge on any atom is -0.465 e. The molecule has 0 atom stereocenters. The summed E-state index contributed by atoms with van der Waals surface area (Å²) in [7, 11) is -11.0. The number of carbonyl (C=O) groups excluding carboxylic acids is 7. The lowest BCUT2D eigenvalue weighted by atomic mass is 10.2. The molecule has 0 saturated heterocycles. The van der Waals surface area contributed by atoms with Crippen LogP contribution in [0.5, 0.6) is 0 Å². The third-order valence-electron chi connectivity index (χ3n) is 14.5. The zero-order valence-corrected chi connectivity index (χ0v) is 69.1. The number of primary sulfonamides is 2. The maximum Gasteiger partial charge on any atom is 0.338 e. The fourth-order valence-electron chi connectivity index (χ4n) is 8.87. The lowest BCUT2D eigenvalue weighted by Gasteiger charge is -2.12. The molecule has 3 heterocycles. The van der Waals surface area contributed by atoms with Crippen molar-refractivity contribution >= 4 is 201 Å². The number of nitrogens with two attached hydrogens (primary N) is 3. The number of benzene rings is 8. The number of rotatable bonds is 15. The standard InChI is InChI=1S/C9H8N2O4S.C8H6ClNO6S.C8H6ClNO4.C8H8N2O6S.C8H10N2O4S.C8H8N2O3S.C8H6N2O3S.C8H7NO4S/c1-15-9(12)6-2-3-8-7(4-6)10-5-11-16(8,13)14;1-16-8(11)5-2-3-7(17(9,14)15)6(4-5)10(12)13;1-14-8(11)5-2-3-6(9)7(4-5)10(12)13;1-16-8(11)5-2-3-7(17(9,14)15)6(4-5)10(12)13;1-14-8(11)5-2-3-7(6(9)4-5)15(10,12)13;2*11-4-6-1-2-8-7(3-6)9-5-10-14(8,12)13;1-13-8(10)5-2-3-7(14)6(4-5)9(11)12/h2-5H,1H3,(H,10,11);2-4H,1H3;2-4H,1H3;2-4H,1H3,(H2,9,14,15);2-4H,9H2,1H3,(H2,10,12,13);1-3,5,11H,4H2,(H,9,10);1-5H,(H,9,10);2-4,14H,1H3. The Morgan fingerprint density at radius 1 is 0.446 bits per heavy atom.